The summed E-state index contributed by atoms with van der Waals surface area (Å²) in [5.41, 5.74) is 5.05. The van der Waals surface area contributed by atoms with Crippen LogP contribution in [0.2, 0.25) is 5.02 Å². The van der Waals surface area contributed by atoms with E-state index in [2.05, 4.69) is 16.2 Å². The number of benzene rings is 2. The topological polar surface area (TPSA) is 97.9 Å². The van der Waals surface area contributed by atoms with Gasteiger partial charge in [-0.25, -0.2) is 0 Å². The third-order valence-corrected chi connectivity index (χ3v) is 3.93. The maximum absolute atomic E-state index is 12.4. The number of hydrogen-bond acceptors (Lipinski definition) is 6. The first-order valence-electron chi connectivity index (χ1n) is 8.49. The largest absolute Gasteiger partial charge is 0.490 e. The number of hydrogen-bond donors (Lipinski definition) is 3. The zero-order valence-corrected chi connectivity index (χ0v) is 17.1. The van der Waals surface area contributed by atoms with Crippen molar-refractivity contribution in [3.8, 4) is 11.5 Å². The van der Waals surface area contributed by atoms with Gasteiger partial charge < -0.3 is 14.2 Å². The van der Waals surface area contributed by atoms with Crippen LogP contribution in [-0.4, -0.2) is 43.9 Å². The van der Waals surface area contributed by atoms with Gasteiger partial charge in [0.1, 0.15) is 18.1 Å². The molecule has 0 aliphatic rings. The Balaban J connectivity index is 1.79. The molecule has 29 heavy (non-hydrogen) atoms. The lowest BCUT2D eigenvalue weighted by Crippen LogP contribution is -2.49. The number of amides is 2. The number of carbonyl (C=O) groups is 2. The molecule has 2 rings (SSSR count). The van der Waals surface area contributed by atoms with E-state index in [0.29, 0.717) is 35.3 Å². The third-order valence-electron chi connectivity index (χ3n) is 3.41. The van der Waals surface area contributed by atoms with Gasteiger partial charge in [0.05, 0.1) is 17.2 Å². The number of rotatable bonds is 8. The summed E-state index contributed by atoms with van der Waals surface area (Å²) >= 11 is 11.0. The standard InChI is InChI=1S/C19H20ClN3O5S/c1-26-10-11-27-15-8-4-2-6-13(15)18(25)21-19(29)23-22-17(24)12-28-16-9-5-3-7-14(16)20/h2-9H,10-12H2,1H3,(H,22,24)(H2,21,23,25,29). The van der Waals surface area contributed by atoms with Crippen LogP contribution in [-0.2, 0) is 9.53 Å². The van der Waals surface area contributed by atoms with Crippen molar-refractivity contribution in [1.82, 2.24) is 16.2 Å². The van der Waals surface area contributed by atoms with Crippen LogP contribution in [0.3, 0.4) is 0 Å². The number of halogens is 1. The summed E-state index contributed by atoms with van der Waals surface area (Å²) in [4.78, 5) is 24.2. The summed E-state index contributed by atoms with van der Waals surface area (Å²) in [5.74, 6) is -0.228. The molecule has 0 fully saturated rings. The average Bonchev–Trinajstić information content (AvgIpc) is 2.72. The second-order valence-electron chi connectivity index (χ2n) is 5.51. The first-order valence-corrected chi connectivity index (χ1v) is 9.28. The summed E-state index contributed by atoms with van der Waals surface area (Å²) in [6, 6.07) is 13.5. The highest BCUT2D eigenvalue weighted by molar-refractivity contribution is 7.80. The lowest BCUT2D eigenvalue weighted by atomic mass is 10.2. The van der Waals surface area contributed by atoms with Gasteiger partial charge in [-0.1, -0.05) is 35.9 Å². The van der Waals surface area contributed by atoms with E-state index in [1.807, 2.05) is 0 Å². The number of ether oxygens (including phenoxy) is 3. The molecule has 0 spiro atoms. The molecule has 0 radical (unpaired) electrons. The van der Waals surface area contributed by atoms with Crippen molar-refractivity contribution in [1.29, 1.82) is 0 Å². The van der Waals surface area contributed by atoms with Crippen molar-refractivity contribution in [2.75, 3.05) is 26.9 Å². The van der Waals surface area contributed by atoms with Crippen molar-refractivity contribution < 1.29 is 23.8 Å². The number of methoxy groups -OCH3 is 1. The summed E-state index contributed by atoms with van der Waals surface area (Å²) in [5, 5.41) is 2.76. The Kier molecular flexibility index (Phi) is 9.16. The van der Waals surface area contributed by atoms with Crippen LogP contribution in [0.15, 0.2) is 48.5 Å². The van der Waals surface area contributed by atoms with Gasteiger partial charge in [0, 0.05) is 7.11 Å². The van der Waals surface area contributed by atoms with Crippen molar-refractivity contribution in [2.24, 2.45) is 0 Å². The molecule has 0 bridgehead atoms. The van der Waals surface area contributed by atoms with Gasteiger partial charge in [-0.3, -0.25) is 25.8 Å². The minimum Gasteiger partial charge on any atom is -0.490 e. The van der Waals surface area contributed by atoms with Crippen LogP contribution >= 0.6 is 23.8 Å². The highest BCUT2D eigenvalue weighted by Crippen LogP contribution is 2.22. The van der Waals surface area contributed by atoms with E-state index in [9.17, 15) is 9.59 Å². The molecular weight excluding hydrogens is 418 g/mol. The summed E-state index contributed by atoms with van der Waals surface area (Å²) in [6.07, 6.45) is 0. The van der Waals surface area contributed by atoms with Crippen LogP contribution < -0.4 is 25.6 Å². The van der Waals surface area contributed by atoms with Crippen LogP contribution in [0.25, 0.3) is 0 Å². The van der Waals surface area contributed by atoms with E-state index in [-0.39, 0.29) is 11.7 Å². The van der Waals surface area contributed by atoms with Gasteiger partial charge in [0.25, 0.3) is 11.8 Å². The van der Waals surface area contributed by atoms with Crippen LogP contribution in [0, 0.1) is 0 Å². The molecule has 0 unspecified atom stereocenters. The van der Waals surface area contributed by atoms with Crippen molar-refractivity contribution in [2.45, 2.75) is 0 Å². The molecule has 0 heterocycles. The van der Waals surface area contributed by atoms with E-state index >= 15 is 0 Å². The Hall–Kier alpha value is -2.88. The highest BCUT2D eigenvalue weighted by atomic mass is 35.5. The Labute approximate surface area is 178 Å². The number of hydrazine groups is 1. The minimum atomic E-state index is -0.509. The molecule has 0 aliphatic carbocycles. The van der Waals surface area contributed by atoms with Gasteiger partial charge in [-0.15, -0.1) is 0 Å². The van der Waals surface area contributed by atoms with Gasteiger partial charge in [-0.05, 0) is 36.5 Å². The molecule has 3 N–H and O–H groups in total. The number of thiocarbonyl (C=S) groups is 1. The molecule has 154 valence electrons. The lowest BCUT2D eigenvalue weighted by Gasteiger charge is -2.13. The smallest absolute Gasteiger partial charge is 0.276 e. The van der Waals surface area contributed by atoms with Gasteiger partial charge in [0.2, 0.25) is 0 Å². The van der Waals surface area contributed by atoms with Crippen molar-refractivity contribution >= 4 is 40.7 Å². The van der Waals surface area contributed by atoms with Gasteiger partial charge in [-0.2, -0.15) is 0 Å². The zero-order chi connectivity index (χ0) is 21.1. The van der Waals surface area contributed by atoms with E-state index in [0.717, 1.165) is 0 Å². The molecule has 0 aliphatic heterocycles. The SMILES string of the molecule is COCCOc1ccccc1C(=O)NC(=S)NNC(=O)COc1ccccc1Cl. The van der Waals surface area contributed by atoms with E-state index in [1.54, 1.807) is 55.6 Å². The lowest BCUT2D eigenvalue weighted by molar-refractivity contribution is -0.123. The minimum absolute atomic E-state index is 0.0900. The van der Waals surface area contributed by atoms with E-state index in [4.69, 9.17) is 38.0 Å². The molecule has 2 aromatic carbocycles. The van der Waals surface area contributed by atoms with Crippen molar-refractivity contribution in [3.63, 3.8) is 0 Å². The van der Waals surface area contributed by atoms with E-state index < -0.39 is 11.8 Å². The summed E-state index contributed by atoms with van der Waals surface area (Å²) in [7, 11) is 1.56. The molecule has 0 saturated carbocycles. The Bertz CT molecular complexity index is 865. The molecule has 2 amide bonds. The number of para-hydroxylation sites is 2. The van der Waals surface area contributed by atoms with Crippen LogP contribution in [0.5, 0.6) is 11.5 Å². The zero-order valence-electron chi connectivity index (χ0n) is 15.6. The molecule has 2 aromatic rings. The highest BCUT2D eigenvalue weighted by Gasteiger charge is 2.14. The second kappa shape index (κ2) is 11.8. The molecule has 0 saturated heterocycles. The molecule has 10 heteroatoms. The maximum atomic E-state index is 12.4. The van der Waals surface area contributed by atoms with Crippen molar-refractivity contribution in [3.05, 3.63) is 59.1 Å². The quantitative estimate of drug-likeness (QED) is 0.330. The Morgan fingerprint density at radius 1 is 0.966 bits per heavy atom. The molecule has 8 nitrogen and oxygen atoms in total. The Morgan fingerprint density at radius 2 is 1.66 bits per heavy atom. The fourth-order valence-corrected chi connectivity index (χ4v) is 2.42. The second-order valence-corrected chi connectivity index (χ2v) is 6.33. The molecular formula is C19H20ClN3O5S. The monoisotopic (exact) mass is 437 g/mol. The predicted octanol–water partition coefficient (Wildman–Crippen LogP) is 2.08. The van der Waals surface area contributed by atoms with E-state index in [1.165, 1.54) is 0 Å². The van der Waals surface area contributed by atoms with Crippen LogP contribution in [0.1, 0.15) is 10.4 Å². The van der Waals surface area contributed by atoms with Gasteiger partial charge in [0.15, 0.2) is 11.7 Å². The molecule has 0 aromatic heterocycles. The van der Waals surface area contributed by atoms with Crippen LogP contribution in [0.4, 0.5) is 0 Å². The Morgan fingerprint density at radius 3 is 2.38 bits per heavy atom. The normalized spacial score (nSPS) is 10.0. The van der Waals surface area contributed by atoms with Gasteiger partial charge >= 0.3 is 0 Å². The number of nitrogens with one attached hydrogen (secondary N) is 3. The summed E-state index contributed by atoms with van der Waals surface area (Å²) < 4.78 is 15.7. The first-order chi connectivity index (χ1) is 14.0. The number of carbonyl (C=O) groups excluding carboxylic acids is 2. The fourth-order valence-electron chi connectivity index (χ4n) is 2.08. The fraction of sp³-hybridized carbons (Fsp3) is 0.211. The maximum Gasteiger partial charge on any atom is 0.276 e. The molecule has 0 atom stereocenters. The predicted molar refractivity (Wildman–Crippen MR) is 112 cm³/mol. The summed E-state index contributed by atoms with van der Waals surface area (Å²) in [6.45, 7) is 0.395. The first kappa shape index (κ1) is 22.4. The third kappa shape index (κ3) is 7.57. The average molecular weight is 438 g/mol.